The lowest BCUT2D eigenvalue weighted by molar-refractivity contribution is -0.0484. The number of ether oxygens (including phenoxy) is 2. The first-order valence-corrected chi connectivity index (χ1v) is 15.1. The van der Waals surface area contributed by atoms with Gasteiger partial charge in [0.05, 0.1) is 25.4 Å². The Hall–Kier alpha value is -1.88. The highest BCUT2D eigenvalue weighted by atomic mass is 32.9. The molecule has 0 bridgehead atoms. The van der Waals surface area contributed by atoms with Crippen molar-refractivity contribution in [3.05, 3.63) is 65.2 Å². The van der Waals surface area contributed by atoms with Gasteiger partial charge in [-0.2, -0.15) is 0 Å². The van der Waals surface area contributed by atoms with Gasteiger partial charge in [-0.3, -0.25) is 28.7 Å². The maximum absolute atomic E-state index is 12.2. The van der Waals surface area contributed by atoms with E-state index in [1.54, 1.807) is 13.8 Å². The van der Waals surface area contributed by atoms with E-state index in [1.807, 2.05) is 0 Å². The number of aromatic nitrogens is 4. The standard InChI is InChI=1S/C20H27N4O10PS2/c1-9-5-23(19(29)21-17(9)27)15-3-11(26)14(33-15)8-31-35(36,37)34-12-4-16(32-13(12)7-25)24-6-10(2)18(28)22-20(24)30/h5-6,11-16,25-26H,3-4,7-8H2,1-2H3,(H,36,37)(H,21,27,29)(H,22,28,30)/t11-,12-,13+,14+,15+,16+/m0/s1. The second-order valence-corrected chi connectivity index (χ2v) is 14.1. The maximum Gasteiger partial charge on any atom is 0.330 e. The van der Waals surface area contributed by atoms with E-state index in [2.05, 4.69) is 22.2 Å². The van der Waals surface area contributed by atoms with Crippen LogP contribution in [0.3, 0.4) is 0 Å². The Morgan fingerprint density at radius 1 is 1.03 bits per heavy atom. The average molecular weight is 579 g/mol. The third-order valence-corrected chi connectivity index (χ3v) is 8.36. The summed E-state index contributed by atoms with van der Waals surface area (Å²) in [5, 5.41) is 20.2. The summed E-state index contributed by atoms with van der Waals surface area (Å²) in [7, 11) is 0. The highest BCUT2D eigenvalue weighted by Gasteiger charge is 2.41. The molecule has 4 rings (SSSR count). The number of H-pyrrole nitrogens is 2. The molecule has 2 aliphatic rings. The minimum atomic E-state index is -3.25. The van der Waals surface area contributed by atoms with E-state index in [-0.39, 0.29) is 19.4 Å². The summed E-state index contributed by atoms with van der Waals surface area (Å²) in [6.45, 7) is 2.46. The molecular weight excluding hydrogens is 551 g/mol. The molecule has 2 aromatic rings. The largest absolute Gasteiger partial charge is 0.394 e. The van der Waals surface area contributed by atoms with Crippen LogP contribution in [0.2, 0.25) is 0 Å². The number of aliphatic hydroxyl groups excluding tert-OH is 2. The van der Waals surface area contributed by atoms with Crippen molar-refractivity contribution in [2.75, 3.05) is 13.2 Å². The molecule has 1 unspecified atom stereocenters. The van der Waals surface area contributed by atoms with E-state index in [1.165, 1.54) is 21.5 Å². The molecule has 17 heteroatoms. The van der Waals surface area contributed by atoms with E-state index < -0.39 is 71.7 Å². The molecule has 0 spiro atoms. The van der Waals surface area contributed by atoms with Crippen LogP contribution in [0.15, 0.2) is 31.6 Å². The third kappa shape index (κ3) is 6.24. The van der Waals surface area contributed by atoms with Gasteiger partial charge in [-0.15, -0.1) is 0 Å². The molecule has 14 nitrogen and oxygen atoms in total. The lowest BCUT2D eigenvalue weighted by Gasteiger charge is -2.25. The van der Waals surface area contributed by atoms with Crippen LogP contribution in [0, 0.1) is 13.8 Å². The van der Waals surface area contributed by atoms with Gasteiger partial charge in [-0.1, -0.05) is 12.2 Å². The van der Waals surface area contributed by atoms with Crippen molar-refractivity contribution in [1.29, 1.82) is 0 Å². The molecule has 7 atom stereocenters. The van der Waals surface area contributed by atoms with Gasteiger partial charge in [0.1, 0.15) is 24.7 Å². The Labute approximate surface area is 219 Å². The van der Waals surface area contributed by atoms with Crippen molar-refractivity contribution in [3.8, 4) is 0 Å². The number of thiol groups is 1. The molecule has 4 heterocycles. The van der Waals surface area contributed by atoms with E-state index in [0.717, 1.165) is 0 Å². The van der Waals surface area contributed by atoms with Gasteiger partial charge in [0.2, 0.25) is 5.69 Å². The van der Waals surface area contributed by atoms with Crippen molar-refractivity contribution in [2.24, 2.45) is 0 Å². The van der Waals surface area contributed by atoms with Crippen LogP contribution in [-0.2, 0) is 30.3 Å². The maximum atomic E-state index is 12.2. The number of hydrogen-bond acceptors (Lipinski definition) is 11. The Kier molecular flexibility index (Phi) is 8.43. The molecule has 0 aromatic carbocycles. The molecule has 2 aliphatic heterocycles. The zero-order valence-electron chi connectivity index (χ0n) is 19.8. The van der Waals surface area contributed by atoms with Crippen LogP contribution in [0.5, 0.6) is 0 Å². The number of aliphatic hydroxyl groups is 2. The molecular formula is C20H27N4O10PS2. The number of hydrogen-bond donors (Lipinski definition) is 5. The van der Waals surface area contributed by atoms with Gasteiger partial charge in [-0.05, 0) is 25.7 Å². The van der Waals surface area contributed by atoms with Gasteiger partial charge in [-0.25, -0.2) is 9.59 Å². The second kappa shape index (κ2) is 11.1. The molecule has 0 radical (unpaired) electrons. The highest BCUT2D eigenvalue weighted by molar-refractivity contribution is 8.60. The molecule has 0 aliphatic carbocycles. The first kappa shape index (κ1) is 28.1. The number of aromatic amines is 2. The number of rotatable bonds is 8. The van der Waals surface area contributed by atoms with Gasteiger partial charge < -0.3 is 28.7 Å². The van der Waals surface area contributed by atoms with Crippen molar-refractivity contribution in [3.63, 3.8) is 0 Å². The van der Waals surface area contributed by atoms with E-state index in [4.69, 9.17) is 30.3 Å². The molecule has 2 fully saturated rings. The topological polar surface area (TPSA) is 187 Å². The van der Waals surface area contributed by atoms with Gasteiger partial charge >= 0.3 is 11.4 Å². The molecule has 0 saturated carbocycles. The Morgan fingerprint density at radius 3 is 2.08 bits per heavy atom. The molecule has 2 aromatic heterocycles. The first-order chi connectivity index (χ1) is 17.4. The quantitative estimate of drug-likeness (QED) is 0.195. The zero-order valence-corrected chi connectivity index (χ0v) is 22.4. The minimum absolute atomic E-state index is 0.0772. The van der Waals surface area contributed by atoms with Crippen molar-refractivity contribution < 1.29 is 28.7 Å². The van der Waals surface area contributed by atoms with Crippen LogP contribution >= 0.6 is 17.9 Å². The summed E-state index contributed by atoms with van der Waals surface area (Å²) >= 11 is 9.73. The lowest BCUT2D eigenvalue weighted by Crippen LogP contribution is -2.33. The van der Waals surface area contributed by atoms with Crippen molar-refractivity contribution in [2.45, 2.75) is 63.6 Å². The van der Waals surface area contributed by atoms with Crippen LogP contribution in [0.1, 0.15) is 36.4 Å². The summed E-state index contributed by atoms with van der Waals surface area (Å²) in [5.41, 5.74) is -4.98. The lowest BCUT2D eigenvalue weighted by atomic mass is 10.2. The fourth-order valence-electron chi connectivity index (χ4n) is 4.15. The Bertz CT molecular complexity index is 1440. The molecule has 0 amide bonds. The first-order valence-electron chi connectivity index (χ1n) is 11.3. The van der Waals surface area contributed by atoms with Gasteiger partial charge in [0, 0.05) is 36.4 Å². The number of nitrogens with one attached hydrogen (secondary N) is 2. The van der Waals surface area contributed by atoms with E-state index >= 15 is 0 Å². The highest BCUT2D eigenvalue weighted by Crippen LogP contribution is 2.56. The van der Waals surface area contributed by atoms with E-state index in [9.17, 15) is 29.4 Å². The average Bonchev–Trinajstić information content (AvgIpc) is 3.39. The SMILES string of the molecule is Cc1cn([C@H]2C[C@H](OP(=S)(S)OC[C@H]3O[C@@H](n4cc(C)c(=O)[nH]c4=O)C[C@@H]3O)[C@@H](CO)O2)c(=O)[nH]c1=O. The van der Waals surface area contributed by atoms with Gasteiger partial charge in [0.15, 0.2) is 0 Å². The van der Waals surface area contributed by atoms with Crippen molar-refractivity contribution >= 4 is 29.7 Å². The summed E-state index contributed by atoms with van der Waals surface area (Å²) in [5.74, 6) is 0. The van der Waals surface area contributed by atoms with E-state index in [0.29, 0.717) is 11.1 Å². The monoisotopic (exact) mass is 578 g/mol. The summed E-state index contributed by atoms with van der Waals surface area (Å²) in [6, 6.07) is 0. The number of aryl methyl sites for hydroxylation is 2. The Balaban J connectivity index is 1.39. The van der Waals surface area contributed by atoms with Crippen LogP contribution in [-0.4, -0.2) is 66.9 Å². The van der Waals surface area contributed by atoms with Crippen molar-refractivity contribution in [1.82, 2.24) is 19.1 Å². The smallest absolute Gasteiger partial charge is 0.330 e. The molecule has 37 heavy (non-hydrogen) atoms. The zero-order chi connectivity index (χ0) is 27.1. The third-order valence-electron chi connectivity index (χ3n) is 6.15. The fraction of sp³-hybridized carbons (Fsp3) is 0.600. The predicted molar refractivity (Wildman–Crippen MR) is 136 cm³/mol. The normalized spacial score (nSPS) is 29.4. The second-order valence-electron chi connectivity index (χ2n) is 8.85. The van der Waals surface area contributed by atoms with Crippen LogP contribution in [0.4, 0.5) is 0 Å². The molecule has 4 N–H and O–H groups in total. The predicted octanol–water partition coefficient (Wildman–Crippen LogP) is -0.812. The summed E-state index contributed by atoms with van der Waals surface area (Å²) in [6.07, 6.45) is -2.20. The minimum Gasteiger partial charge on any atom is -0.394 e. The Morgan fingerprint density at radius 2 is 1.54 bits per heavy atom. The van der Waals surface area contributed by atoms with Gasteiger partial charge in [0.25, 0.3) is 11.1 Å². The number of nitrogens with zero attached hydrogens (tertiary/aromatic N) is 2. The fourth-order valence-corrected chi connectivity index (χ4v) is 6.19. The van der Waals surface area contributed by atoms with Crippen LogP contribution in [0.25, 0.3) is 0 Å². The molecule has 2 saturated heterocycles. The molecule has 204 valence electrons. The summed E-state index contributed by atoms with van der Waals surface area (Å²) < 4.78 is 25.5. The summed E-state index contributed by atoms with van der Waals surface area (Å²) in [4.78, 5) is 52.0. The van der Waals surface area contributed by atoms with Crippen LogP contribution < -0.4 is 22.5 Å².